The standard InChI is InChI=1S/C21H19F3N2O/c1-2-14-26(16-18-8-4-3-5-9-18)20(27)25-13-7-11-17-10-6-12-19(15-17)21(22,23)24/h2-6,8-10,12,15H,1,13-14,16H2,(H,25,27). The molecule has 2 amide bonds. The maximum absolute atomic E-state index is 12.7. The Bertz CT molecular complexity index is 836. The van der Waals surface area contributed by atoms with E-state index in [9.17, 15) is 18.0 Å². The Balaban J connectivity index is 1.94. The van der Waals surface area contributed by atoms with Crippen molar-refractivity contribution in [1.82, 2.24) is 10.2 Å². The molecule has 0 radical (unpaired) electrons. The Morgan fingerprint density at radius 2 is 1.89 bits per heavy atom. The molecule has 6 heteroatoms. The monoisotopic (exact) mass is 372 g/mol. The number of halogens is 3. The zero-order valence-corrected chi connectivity index (χ0v) is 14.6. The number of amides is 2. The van der Waals surface area contributed by atoms with Crippen LogP contribution in [-0.2, 0) is 12.7 Å². The molecular formula is C21H19F3N2O. The average molecular weight is 372 g/mol. The van der Waals surface area contributed by atoms with Crippen molar-refractivity contribution in [2.24, 2.45) is 0 Å². The van der Waals surface area contributed by atoms with Crippen molar-refractivity contribution < 1.29 is 18.0 Å². The SMILES string of the molecule is C=CCN(Cc1ccccc1)C(=O)NCC#Cc1cccc(C(F)(F)F)c1. The molecule has 0 spiro atoms. The minimum absolute atomic E-state index is 0.0253. The molecule has 27 heavy (non-hydrogen) atoms. The summed E-state index contributed by atoms with van der Waals surface area (Å²) in [5, 5.41) is 2.65. The normalized spacial score (nSPS) is 10.5. The van der Waals surface area contributed by atoms with Crippen LogP contribution in [0.2, 0.25) is 0 Å². The van der Waals surface area contributed by atoms with Crippen LogP contribution in [0.1, 0.15) is 16.7 Å². The zero-order chi connectivity index (χ0) is 19.7. The van der Waals surface area contributed by atoms with Crippen molar-refractivity contribution in [2.45, 2.75) is 12.7 Å². The van der Waals surface area contributed by atoms with E-state index in [4.69, 9.17) is 0 Å². The van der Waals surface area contributed by atoms with Gasteiger partial charge in [-0.2, -0.15) is 13.2 Å². The number of urea groups is 1. The second-order valence-electron chi connectivity index (χ2n) is 5.69. The van der Waals surface area contributed by atoms with Crippen LogP contribution in [0.4, 0.5) is 18.0 Å². The summed E-state index contributed by atoms with van der Waals surface area (Å²) >= 11 is 0. The van der Waals surface area contributed by atoms with E-state index in [1.165, 1.54) is 12.1 Å². The molecule has 0 aliphatic carbocycles. The minimum Gasteiger partial charge on any atom is -0.327 e. The number of alkyl halides is 3. The quantitative estimate of drug-likeness (QED) is 0.610. The first-order chi connectivity index (χ1) is 12.9. The molecular weight excluding hydrogens is 353 g/mol. The predicted molar refractivity (Wildman–Crippen MR) is 98.8 cm³/mol. The van der Waals surface area contributed by atoms with Crippen LogP contribution in [-0.4, -0.2) is 24.0 Å². The topological polar surface area (TPSA) is 32.3 Å². The predicted octanol–water partition coefficient (Wildman–Crippen LogP) is 4.45. The highest BCUT2D eigenvalue weighted by atomic mass is 19.4. The Kier molecular flexibility index (Phi) is 7.07. The lowest BCUT2D eigenvalue weighted by Gasteiger charge is -2.21. The molecule has 2 rings (SSSR count). The number of rotatable bonds is 5. The highest BCUT2D eigenvalue weighted by molar-refractivity contribution is 5.74. The molecule has 0 fully saturated rings. The van der Waals surface area contributed by atoms with Crippen LogP contribution in [0.5, 0.6) is 0 Å². The number of hydrogen-bond acceptors (Lipinski definition) is 1. The molecule has 2 aromatic rings. The van der Waals surface area contributed by atoms with E-state index < -0.39 is 11.7 Å². The summed E-state index contributed by atoms with van der Waals surface area (Å²) in [7, 11) is 0. The fourth-order valence-corrected chi connectivity index (χ4v) is 2.33. The maximum atomic E-state index is 12.7. The van der Waals surface area contributed by atoms with Gasteiger partial charge in [-0.05, 0) is 23.8 Å². The Morgan fingerprint density at radius 3 is 2.56 bits per heavy atom. The second kappa shape index (κ2) is 9.48. The fourth-order valence-electron chi connectivity index (χ4n) is 2.33. The van der Waals surface area contributed by atoms with E-state index in [1.54, 1.807) is 11.0 Å². The van der Waals surface area contributed by atoms with E-state index >= 15 is 0 Å². The van der Waals surface area contributed by atoms with E-state index in [0.717, 1.165) is 17.7 Å². The lowest BCUT2D eigenvalue weighted by Crippen LogP contribution is -2.39. The van der Waals surface area contributed by atoms with Gasteiger partial charge in [0, 0.05) is 18.7 Å². The lowest BCUT2D eigenvalue weighted by atomic mass is 10.1. The molecule has 3 nitrogen and oxygen atoms in total. The smallest absolute Gasteiger partial charge is 0.327 e. The van der Waals surface area contributed by atoms with Crippen LogP contribution < -0.4 is 5.32 Å². The van der Waals surface area contributed by atoms with Gasteiger partial charge in [0.2, 0.25) is 0 Å². The minimum atomic E-state index is -4.41. The summed E-state index contributed by atoms with van der Waals surface area (Å²) < 4.78 is 38.1. The van der Waals surface area contributed by atoms with Crippen LogP contribution in [0.15, 0.2) is 67.3 Å². The van der Waals surface area contributed by atoms with Gasteiger partial charge >= 0.3 is 12.2 Å². The molecule has 0 atom stereocenters. The first-order valence-electron chi connectivity index (χ1n) is 8.24. The van der Waals surface area contributed by atoms with Gasteiger partial charge in [-0.25, -0.2) is 4.79 Å². The summed E-state index contributed by atoms with van der Waals surface area (Å²) in [5.74, 6) is 5.30. The number of carbonyl (C=O) groups is 1. The molecule has 0 saturated heterocycles. The molecule has 2 aromatic carbocycles. The molecule has 140 valence electrons. The highest BCUT2D eigenvalue weighted by Gasteiger charge is 2.30. The zero-order valence-electron chi connectivity index (χ0n) is 14.6. The first-order valence-corrected chi connectivity index (χ1v) is 8.24. The van der Waals surface area contributed by atoms with Gasteiger partial charge in [-0.3, -0.25) is 0 Å². The maximum Gasteiger partial charge on any atom is 0.416 e. The molecule has 0 bridgehead atoms. The summed E-state index contributed by atoms with van der Waals surface area (Å²) in [6.07, 6.45) is -2.79. The third-order valence-electron chi connectivity index (χ3n) is 3.60. The summed E-state index contributed by atoms with van der Waals surface area (Å²) in [6.45, 7) is 4.45. The molecule has 0 unspecified atom stereocenters. The third kappa shape index (κ3) is 6.55. The molecule has 0 aliphatic rings. The van der Waals surface area contributed by atoms with Gasteiger partial charge in [-0.1, -0.05) is 54.3 Å². The summed E-state index contributed by atoms with van der Waals surface area (Å²) in [5.41, 5.74) is 0.467. The average Bonchev–Trinajstić information content (AvgIpc) is 2.65. The summed E-state index contributed by atoms with van der Waals surface area (Å²) in [4.78, 5) is 13.8. The van der Waals surface area contributed by atoms with E-state index in [1.807, 2.05) is 30.3 Å². The molecule has 0 aliphatic heterocycles. The Morgan fingerprint density at radius 1 is 1.15 bits per heavy atom. The van der Waals surface area contributed by atoms with Crippen LogP contribution >= 0.6 is 0 Å². The Labute approximate surface area is 156 Å². The van der Waals surface area contributed by atoms with Crippen LogP contribution in [0.25, 0.3) is 0 Å². The van der Waals surface area contributed by atoms with Crippen molar-refractivity contribution in [3.8, 4) is 11.8 Å². The number of benzene rings is 2. The Hall–Kier alpha value is -3.20. The second-order valence-corrected chi connectivity index (χ2v) is 5.69. The summed E-state index contributed by atoms with van der Waals surface area (Å²) in [6, 6.07) is 13.9. The van der Waals surface area contributed by atoms with Crippen molar-refractivity contribution in [3.63, 3.8) is 0 Å². The molecule has 0 aromatic heterocycles. The van der Waals surface area contributed by atoms with E-state index in [0.29, 0.717) is 13.1 Å². The van der Waals surface area contributed by atoms with E-state index in [-0.39, 0.29) is 18.1 Å². The molecule has 0 heterocycles. The number of carbonyl (C=O) groups excluding carboxylic acids is 1. The fraction of sp³-hybridized carbons (Fsp3) is 0.190. The van der Waals surface area contributed by atoms with Gasteiger partial charge in [0.05, 0.1) is 12.1 Å². The first kappa shape index (κ1) is 20.1. The lowest BCUT2D eigenvalue weighted by molar-refractivity contribution is -0.137. The van der Waals surface area contributed by atoms with Gasteiger partial charge < -0.3 is 10.2 Å². The van der Waals surface area contributed by atoms with Crippen molar-refractivity contribution in [2.75, 3.05) is 13.1 Å². The van der Waals surface area contributed by atoms with Gasteiger partial charge in [0.15, 0.2) is 0 Å². The van der Waals surface area contributed by atoms with E-state index in [2.05, 4.69) is 23.7 Å². The van der Waals surface area contributed by atoms with Gasteiger partial charge in [-0.15, -0.1) is 6.58 Å². The van der Waals surface area contributed by atoms with Crippen molar-refractivity contribution in [1.29, 1.82) is 0 Å². The van der Waals surface area contributed by atoms with Crippen LogP contribution in [0.3, 0.4) is 0 Å². The number of nitrogens with one attached hydrogen (secondary N) is 1. The largest absolute Gasteiger partial charge is 0.416 e. The van der Waals surface area contributed by atoms with Crippen molar-refractivity contribution >= 4 is 6.03 Å². The number of nitrogens with zero attached hydrogens (tertiary/aromatic N) is 1. The highest BCUT2D eigenvalue weighted by Crippen LogP contribution is 2.29. The molecule has 1 N–H and O–H groups in total. The van der Waals surface area contributed by atoms with Crippen molar-refractivity contribution in [3.05, 3.63) is 83.9 Å². The van der Waals surface area contributed by atoms with Gasteiger partial charge in [0.25, 0.3) is 0 Å². The van der Waals surface area contributed by atoms with Gasteiger partial charge in [0.1, 0.15) is 0 Å². The molecule has 0 saturated carbocycles. The van der Waals surface area contributed by atoms with Crippen LogP contribution in [0, 0.1) is 11.8 Å². The third-order valence-corrected chi connectivity index (χ3v) is 3.60. The number of hydrogen-bond donors (Lipinski definition) is 1.